The summed E-state index contributed by atoms with van der Waals surface area (Å²) in [6.45, 7) is 3.22. The first-order valence-corrected chi connectivity index (χ1v) is 13.7. The summed E-state index contributed by atoms with van der Waals surface area (Å²) < 4.78 is 52.7. The van der Waals surface area contributed by atoms with Gasteiger partial charge in [-0.3, -0.25) is 14.6 Å². The lowest BCUT2D eigenvalue weighted by Gasteiger charge is -2.21. The van der Waals surface area contributed by atoms with Crippen LogP contribution in [0.5, 0.6) is 5.75 Å². The smallest absolute Gasteiger partial charge is 0.524 e. The summed E-state index contributed by atoms with van der Waals surface area (Å²) in [5, 5.41) is 0. The Kier molecular flexibility index (Phi) is 7.36. The molecule has 12 heteroatoms. The number of rotatable bonds is 5. The number of aryl methyl sites for hydroxylation is 1. The predicted octanol–water partition coefficient (Wildman–Crippen LogP) is 4.72. The molecule has 0 amide bonds. The van der Waals surface area contributed by atoms with Gasteiger partial charge in [0.2, 0.25) is 0 Å². The lowest BCUT2D eigenvalue weighted by Crippen LogP contribution is -2.09. The summed E-state index contributed by atoms with van der Waals surface area (Å²) in [6.07, 6.45) is 3.21. The Balaban J connectivity index is 2.41. The Hall–Kier alpha value is -1.85. The van der Waals surface area contributed by atoms with Gasteiger partial charge in [-0.1, -0.05) is 18.2 Å². The monoisotopic (exact) mass is 618 g/mol. The van der Waals surface area contributed by atoms with Crippen molar-refractivity contribution in [2.24, 2.45) is 0 Å². The van der Waals surface area contributed by atoms with Crippen LogP contribution < -0.4 is 4.52 Å². The number of ketones is 1. The number of phosphoric ester groups is 1. The van der Waals surface area contributed by atoms with Gasteiger partial charge in [0.1, 0.15) is 20.4 Å². The van der Waals surface area contributed by atoms with E-state index in [-0.39, 0.29) is 21.6 Å². The van der Waals surface area contributed by atoms with Crippen molar-refractivity contribution in [1.29, 1.82) is 0 Å². The molecule has 2 aromatic rings. The number of hydrogen-bond donors (Lipinski definition) is 2. The molecule has 0 heterocycles. The molecule has 8 nitrogen and oxygen atoms in total. The molecule has 3 rings (SSSR count). The number of halogens is 2. The van der Waals surface area contributed by atoms with Gasteiger partial charge in [0.15, 0.2) is 0 Å². The van der Waals surface area contributed by atoms with Crippen molar-refractivity contribution in [2.45, 2.75) is 18.7 Å². The molecular formula is C21H17Br2O8PS. The zero-order valence-corrected chi connectivity index (χ0v) is 22.0. The normalized spacial score (nSPS) is 16.3. The van der Waals surface area contributed by atoms with Gasteiger partial charge in [-0.25, -0.2) is 13.0 Å². The van der Waals surface area contributed by atoms with Crippen LogP contribution >= 0.6 is 39.7 Å². The standard InChI is InChI=1S/C21H17Br2O8PS/c1-11-7-13(9-16(22)20(11)24)19(15-5-3-4-6-18(15)33(28,29)30)14-8-12(2)21(17(23)10-14)31-32(25,26)27/h3-10H,1-2H3,(H2,25,26,27)(H,28,29,30)/b19-13-. The zero-order chi connectivity index (χ0) is 24.7. The lowest BCUT2D eigenvalue weighted by molar-refractivity contribution is 0.282. The summed E-state index contributed by atoms with van der Waals surface area (Å²) in [5.41, 5.74) is 2.24. The van der Waals surface area contributed by atoms with Gasteiger partial charge in [-0.05, 0) is 98.3 Å². The van der Waals surface area contributed by atoms with Gasteiger partial charge in [0, 0.05) is 5.56 Å². The minimum absolute atomic E-state index is 0.00517. The molecule has 0 saturated heterocycles. The molecule has 0 saturated carbocycles. The van der Waals surface area contributed by atoms with Gasteiger partial charge in [0.25, 0.3) is 0 Å². The number of carbonyl (C=O) groups excluding carboxylic acids is 1. The van der Waals surface area contributed by atoms with Crippen molar-refractivity contribution >= 4 is 61.2 Å². The van der Waals surface area contributed by atoms with Crippen LogP contribution in [0.1, 0.15) is 23.6 Å². The van der Waals surface area contributed by atoms with E-state index >= 15 is 0 Å². The largest absolute Gasteiger partial charge is 0.744 e. The number of hydrogen-bond acceptors (Lipinski definition) is 5. The molecule has 0 atom stereocenters. The lowest BCUT2D eigenvalue weighted by atomic mass is 9.88. The summed E-state index contributed by atoms with van der Waals surface area (Å²) in [4.78, 5) is 28.1. The molecule has 174 valence electrons. The van der Waals surface area contributed by atoms with Gasteiger partial charge >= 0.3 is 13.6 Å². The highest BCUT2D eigenvalue weighted by molar-refractivity contribution is 9.12. The Morgan fingerprint density at radius 2 is 1.76 bits per heavy atom. The van der Waals surface area contributed by atoms with Crippen molar-refractivity contribution in [3.05, 3.63) is 85.3 Å². The fourth-order valence-corrected chi connectivity index (χ4v) is 5.85. The second kappa shape index (κ2) is 9.42. The van der Waals surface area contributed by atoms with E-state index in [9.17, 15) is 32.1 Å². The predicted molar refractivity (Wildman–Crippen MR) is 130 cm³/mol. The molecule has 0 aliphatic heterocycles. The molecule has 3 N–H and O–H groups in total. The quantitative estimate of drug-likeness (QED) is 0.280. The van der Waals surface area contributed by atoms with E-state index < -0.39 is 22.8 Å². The molecule has 1 aliphatic rings. The second-order valence-electron chi connectivity index (χ2n) is 7.13. The molecule has 0 spiro atoms. The Morgan fingerprint density at radius 1 is 1.12 bits per heavy atom. The van der Waals surface area contributed by atoms with Crippen LogP contribution in [0.2, 0.25) is 0 Å². The van der Waals surface area contributed by atoms with Gasteiger partial charge in [-0.15, -0.1) is 0 Å². The third-order valence-electron chi connectivity index (χ3n) is 4.70. The Morgan fingerprint density at radius 3 is 2.30 bits per heavy atom. The van der Waals surface area contributed by atoms with Crippen molar-refractivity contribution < 1.29 is 36.6 Å². The Labute approximate surface area is 206 Å². The summed E-state index contributed by atoms with van der Waals surface area (Å²) in [6, 6.07) is 8.75. The molecule has 0 bridgehead atoms. The fourth-order valence-electron chi connectivity index (χ4n) is 3.36. The van der Waals surface area contributed by atoms with Crippen molar-refractivity contribution in [3.63, 3.8) is 0 Å². The maximum absolute atomic E-state index is 12.0. The SMILES string of the molecule is CC1=C/C(=C(\c2cc(C)c(OP(=O)(O)O)c(Br)c2)c2ccccc2S(=O)(=O)[O-])C=C(Br)C1=[OH+]. The van der Waals surface area contributed by atoms with Crippen LogP contribution in [0.3, 0.4) is 0 Å². The molecular weight excluding hydrogens is 603 g/mol. The Bertz CT molecular complexity index is 1370. The first-order valence-electron chi connectivity index (χ1n) is 9.16. The average Bonchev–Trinajstić information content (AvgIpc) is 2.68. The summed E-state index contributed by atoms with van der Waals surface area (Å²) in [7, 11) is -9.68. The third-order valence-corrected chi connectivity index (χ3v) is 7.21. The molecule has 0 aromatic heterocycles. The van der Waals surface area contributed by atoms with E-state index in [0.717, 1.165) is 0 Å². The number of allylic oxidation sites excluding steroid dienone is 5. The maximum atomic E-state index is 12.0. The molecule has 0 unspecified atom stereocenters. The average molecular weight is 620 g/mol. The van der Waals surface area contributed by atoms with Crippen LogP contribution in [-0.4, -0.2) is 33.3 Å². The van der Waals surface area contributed by atoms with Crippen LogP contribution in [0, 0.1) is 6.92 Å². The summed E-state index contributed by atoms with van der Waals surface area (Å²) in [5.74, 6) is -0.0789. The highest BCUT2D eigenvalue weighted by Crippen LogP contribution is 2.45. The van der Waals surface area contributed by atoms with Crippen LogP contribution in [0.4, 0.5) is 0 Å². The van der Waals surface area contributed by atoms with Gasteiger partial charge < -0.3 is 9.08 Å². The van der Waals surface area contributed by atoms with Gasteiger partial charge in [-0.2, -0.15) is 0 Å². The van der Waals surface area contributed by atoms with Crippen molar-refractivity contribution in [3.8, 4) is 5.75 Å². The van der Waals surface area contributed by atoms with E-state index in [2.05, 4.69) is 31.9 Å². The first-order chi connectivity index (χ1) is 15.2. The zero-order valence-electron chi connectivity index (χ0n) is 17.1. The van der Waals surface area contributed by atoms with E-state index in [1.807, 2.05) is 0 Å². The van der Waals surface area contributed by atoms with Crippen LogP contribution in [-0.2, 0) is 14.7 Å². The molecule has 1 aliphatic carbocycles. The van der Waals surface area contributed by atoms with E-state index in [0.29, 0.717) is 32.3 Å². The second-order valence-corrected chi connectivity index (χ2v) is 11.4. The molecule has 2 aromatic carbocycles. The highest BCUT2D eigenvalue weighted by Gasteiger charge is 2.26. The van der Waals surface area contributed by atoms with Crippen molar-refractivity contribution in [1.82, 2.24) is 0 Å². The minimum atomic E-state index is -4.85. The van der Waals surface area contributed by atoms with Gasteiger partial charge in [0.05, 0.1) is 14.9 Å². The number of phosphoric acid groups is 1. The third kappa shape index (κ3) is 5.81. The molecule has 33 heavy (non-hydrogen) atoms. The molecule has 0 fully saturated rings. The van der Waals surface area contributed by atoms with E-state index in [4.69, 9.17) is 4.52 Å². The summed E-state index contributed by atoms with van der Waals surface area (Å²) >= 11 is 6.53. The maximum Gasteiger partial charge on any atom is 0.524 e. The van der Waals surface area contributed by atoms with E-state index in [1.165, 1.54) is 24.3 Å². The minimum Gasteiger partial charge on any atom is -0.744 e. The van der Waals surface area contributed by atoms with Crippen LogP contribution in [0.15, 0.2) is 73.5 Å². The first kappa shape index (κ1) is 25.8. The number of benzene rings is 2. The van der Waals surface area contributed by atoms with Crippen molar-refractivity contribution in [2.75, 3.05) is 0 Å². The topological polar surface area (TPSA) is 145 Å². The molecule has 0 radical (unpaired) electrons. The van der Waals surface area contributed by atoms with Crippen LogP contribution in [0.25, 0.3) is 5.57 Å². The fraction of sp³-hybridized carbons (Fsp3) is 0.0952. The van der Waals surface area contributed by atoms with E-state index in [1.54, 1.807) is 38.1 Å². The highest BCUT2D eigenvalue weighted by atomic mass is 79.9.